The number of anilines is 1. The number of hydrogen-bond acceptors (Lipinski definition) is 4. The van der Waals surface area contributed by atoms with Gasteiger partial charge in [0.2, 0.25) is 5.91 Å². The lowest BCUT2D eigenvalue weighted by atomic mass is 9.97. The van der Waals surface area contributed by atoms with E-state index in [-0.39, 0.29) is 11.8 Å². The van der Waals surface area contributed by atoms with Crippen molar-refractivity contribution in [3.05, 3.63) is 18.6 Å². The molecule has 1 atom stereocenters. The van der Waals surface area contributed by atoms with E-state index in [0.29, 0.717) is 6.54 Å². The number of piperidine rings is 1. The van der Waals surface area contributed by atoms with Crippen LogP contribution in [0.3, 0.4) is 0 Å². The summed E-state index contributed by atoms with van der Waals surface area (Å²) >= 11 is 0. The molecule has 3 heterocycles. The Balaban J connectivity index is 1.94. The monoisotopic (exact) mass is 245 g/mol. The van der Waals surface area contributed by atoms with E-state index >= 15 is 0 Å². The van der Waals surface area contributed by atoms with Gasteiger partial charge in [0, 0.05) is 19.3 Å². The number of nitrogens with two attached hydrogens (primary N) is 1. The summed E-state index contributed by atoms with van der Waals surface area (Å²) in [5, 5.41) is 0.989. The molecule has 3 N–H and O–H groups in total. The third-order valence-corrected chi connectivity index (χ3v) is 3.46. The molecule has 2 aromatic heterocycles. The summed E-state index contributed by atoms with van der Waals surface area (Å²) in [7, 11) is 0. The molecule has 1 aliphatic rings. The Morgan fingerprint density at radius 1 is 1.50 bits per heavy atom. The van der Waals surface area contributed by atoms with Crippen LogP contribution < -0.4 is 10.6 Å². The molecule has 1 unspecified atom stereocenters. The lowest BCUT2D eigenvalue weighted by Crippen LogP contribution is -2.41. The molecule has 1 amide bonds. The van der Waals surface area contributed by atoms with Gasteiger partial charge in [0.25, 0.3) is 0 Å². The molecule has 3 rings (SSSR count). The molecule has 1 saturated heterocycles. The summed E-state index contributed by atoms with van der Waals surface area (Å²) in [6.07, 6.45) is 5.22. The zero-order chi connectivity index (χ0) is 12.5. The minimum atomic E-state index is -0.223. The van der Waals surface area contributed by atoms with E-state index in [4.69, 9.17) is 5.73 Å². The average Bonchev–Trinajstić information content (AvgIpc) is 2.87. The van der Waals surface area contributed by atoms with Crippen LogP contribution in [-0.2, 0) is 4.79 Å². The van der Waals surface area contributed by atoms with Gasteiger partial charge in [0.1, 0.15) is 17.8 Å². The molecule has 0 radical (unpaired) electrons. The van der Waals surface area contributed by atoms with Crippen LogP contribution in [0.1, 0.15) is 12.8 Å². The third-order valence-electron chi connectivity index (χ3n) is 3.46. The van der Waals surface area contributed by atoms with Crippen molar-refractivity contribution in [3.63, 3.8) is 0 Å². The van der Waals surface area contributed by atoms with Gasteiger partial charge in [-0.05, 0) is 18.9 Å². The topological polar surface area (TPSA) is 87.9 Å². The van der Waals surface area contributed by atoms with E-state index in [9.17, 15) is 4.79 Å². The highest BCUT2D eigenvalue weighted by molar-refractivity contribution is 5.87. The Labute approximate surface area is 104 Å². The van der Waals surface area contributed by atoms with Crippen LogP contribution >= 0.6 is 0 Å². The fraction of sp³-hybridized carbons (Fsp3) is 0.417. The molecule has 6 nitrogen and oxygen atoms in total. The van der Waals surface area contributed by atoms with Crippen LogP contribution in [0.4, 0.5) is 5.82 Å². The summed E-state index contributed by atoms with van der Waals surface area (Å²) in [4.78, 5) is 25.0. The average molecular weight is 245 g/mol. The standard InChI is InChI=1S/C12H15N5O/c13-10(18)8-2-1-5-17(6-8)12-9-3-4-14-11(9)15-7-16-12/h3-4,7-8H,1-2,5-6H2,(H2,13,18)(H,14,15,16). The second-order valence-electron chi connectivity index (χ2n) is 4.62. The van der Waals surface area contributed by atoms with Gasteiger partial charge in [0.05, 0.1) is 11.3 Å². The number of aromatic amines is 1. The maximum atomic E-state index is 11.3. The smallest absolute Gasteiger partial charge is 0.222 e. The number of aromatic nitrogens is 3. The lowest BCUT2D eigenvalue weighted by molar-refractivity contribution is -0.122. The Morgan fingerprint density at radius 2 is 2.39 bits per heavy atom. The summed E-state index contributed by atoms with van der Waals surface area (Å²) < 4.78 is 0. The molecule has 2 aromatic rings. The Kier molecular flexibility index (Phi) is 2.62. The minimum absolute atomic E-state index is 0.0808. The fourth-order valence-electron chi connectivity index (χ4n) is 2.51. The first-order valence-corrected chi connectivity index (χ1v) is 6.08. The van der Waals surface area contributed by atoms with Crippen LogP contribution in [0.2, 0.25) is 0 Å². The van der Waals surface area contributed by atoms with Gasteiger partial charge in [-0.3, -0.25) is 4.79 Å². The number of carbonyl (C=O) groups excluding carboxylic acids is 1. The molecule has 1 aliphatic heterocycles. The highest BCUT2D eigenvalue weighted by atomic mass is 16.1. The van der Waals surface area contributed by atoms with Gasteiger partial charge in [-0.2, -0.15) is 0 Å². The second kappa shape index (κ2) is 4.29. The molecular formula is C12H15N5O. The van der Waals surface area contributed by atoms with Crippen molar-refractivity contribution in [2.45, 2.75) is 12.8 Å². The predicted molar refractivity (Wildman–Crippen MR) is 68.0 cm³/mol. The van der Waals surface area contributed by atoms with Crippen molar-refractivity contribution in [1.29, 1.82) is 0 Å². The molecular weight excluding hydrogens is 230 g/mol. The number of nitrogens with one attached hydrogen (secondary N) is 1. The van der Waals surface area contributed by atoms with Crippen molar-refractivity contribution in [1.82, 2.24) is 15.0 Å². The van der Waals surface area contributed by atoms with Gasteiger partial charge in [0.15, 0.2) is 0 Å². The van der Waals surface area contributed by atoms with Crippen LogP contribution in [0.15, 0.2) is 18.6 Å². The first-order valence-electron chi connectivity index (χ1n) is 6.08. The maximum Gasteiger partial charge on any atom is 0.222 e. The van der Waals surface area contributed by atoms with E-state index in [0.717, 1.165) is 36.2 Å². The molecule has 0 spiro atoms. The molecule has 0 saturated carbocycles. The highest BCUT2D eigenvalue weighted by Gasteiger charge is 2.25. The summed E-state index contributed by atoms with van der Waals surface area (Å²) in [5.74, 6) is 0.578. The van der Waals surface area contributed by atoms with Crippen molar-refractivity contribution in [2.75, 3.05) is 18.0 Å². The van der Waals surface area contributed by atoms with Crippen LogP contribution in [0.5, 0.6) is 0 Å². The summed E-state index contributed by atoms with van der Waals surface area (Å²) in [5.41, 5.74) is 6.22. The van der Waals surface area contributed by atoms with Gasteiger partial charge < -0.3 is 15.6 Å². The number of carbonyl (C=O) groups is 1. The van der Waals surface area contributed by atoms with E-state index < -0.39 is 0 Å². The summed E-state index contributed by atoms with van der Waals surface area (Å²) in [6.45, 7) is 1.55. The van der Waals surface area contributed by atoms with Gasteiger partial charge in [-0.25, -0.2) is 9.97 Å². The first-order chi connectivity index (χ1) is 8.75. The van der Waals surface area contributed by atoms with Crippen molar-refractivity contribution in [2.24, 2.45) is 11.7 Å². The van der Waals surface area contributed by atoms with E-state index in [1.54, 1.807) is 6.33 Å². The quantitative estimate of drug-likeness (QED) is 0.813. The number of fused-ring (bicyclic) bond motifs is 1. The number of hydrogen-bond donors (Lipinski definition) is 2. The molecule has 94 valence electrons. The number of rotatable bonds is 2. The van der Waals surface area contributed by atoms with Crippen LogP contribution in [0.25, 0.3) is 11.0 Å². The maximum absolute atomic E-state index is 11.3. The van der Waals surface area contributed by atoms with Crippen LogP contribution in [-0.4, -0.2) is 33.9 Å². The molecule has 0 aromatic carbocycles. The molecule has 6 heteroatoms. The zero-order valence-corrected chi connectivity index (χ0v) is 9.97. The van der Waals surface area contributed by atoms with Gasteiger partial charge >= 0.3 is 0 Å². The fourth-order valence-corrected chi connectivity index (χ4v) is 2.51. The number of primary amides is 1. The Morgan fingerprint density at radius 3 is 3.22 bits per heavy atom. The van der Waals surface area contributed by atoms with E-state index in [2.05, 4.69) is 19.9 Å². The van der Waals surface area contributed by atoms with Gasteiger partial charge in [-0.1, -0.05) is 0 Å². The normalized spacial score (nSPS) is 20.2. The lowest BCUT2D eigenvalue weighted by Gasteiger charge is -2.32. The van der Waals surface area contributed by atoms with E-state index in [1.807, 2.05) is 12.3 Å². The molecule has 1 fully saturated rings. The van der Waals surface area contributed by atoms with E-state index in [1.165, 1.54) is 0 Å². The molecule has 0 bridgehead atoms. The summed E-state index contributed by atoms with van der Waals surface area (Å²) in [6, 6.07) is 1.96. The second-order valence-corrected chi connectivity index (χ2v) is 4.62. The van der Waals surface area contributed by atoms with Crippen LogP contribution in [0, 0.1) is 5.92 Å². The highest BCUT2D eigenvalue weighted by Crippen LogP contribution is 2.26. The largest absolute Gasteiger partial charge is 0.369 e. The molecule has 0 aliphatic carbocycles. The molecule has 18 heavy (non-hydrogen) atoms. The SMILES string of the molecule is NC(=O)C1CCCN(c2ncnc3[nH]ccc23)C1. The first kappa shape index (κ1) is 11.0. The number of H-pyrrole nitrogens is 1. The van der Waals surface area contributed by atoms with Crippen molar-refractivity contribution >= 4 is 22.8 Å². The Hall–Kier alpha value is -2.11. The van der Waals surface area contributed by atoms with Crippen molar-refractivity contribution < 1.29 is 4.79 Å². The van der Waals surface area contributed by atoms with Gasteiger partial charge in [-0.15, -0.1) is 0 Å². The third kappa shape index (κ3) is 1.79. The minimum Gasteiger partial charge on any atom is -0.369 e. The van der Waals surface area contributed by atoms with Crippen molar-refractivity contribution in [3.8, 4) is 0 Å². The Bertz CT molecular complexity index is 579. The zero-order valence-electron chi connectivity index (χ0n) is 9.97. The predicted octanol–water partition coefficient (Wildman–Crippen LogP) is 0.660. The number of nitrogens with zero attached hydrogens (tertiary/aromatic N) is 3. The number of amides is 1.